The fraction of sp³-hybridized carbons (Fsp3) is 0.117. The van der Waals surface area contributed by atoms with Crippen molar-refractivity contribution in [1.82, 2.24) is 67.3 Å². The van der Waals surface area contributed by atoms with Crippen molar-refractivity contribution < 1.29 is 124 Å². The topological polar surface area (TPSA) is 536 Å². The fourth-order valence-electron chi connectivity index (χ4n) is 11.3. The van der Waals surface area contributed by atoms with E-state index in [1.807, 2.05) is 76.2 Å². The van der Waals surface area contributed by atoms with Crippen LogP contribution in [-0.4, -0.2) is 126 Å². The summed E-state index contributed by atoms with van der Waals surface area (Å²) in [5, 5.41) is 64.8. The molecule has 0 unspecified atom stereocenters. The summed E-state index contributed by atoms with van der Waals surface area (Å²) in [6.07, 6.45) is 0. The number of hydrogen-bond acceptors (Lipinski definition) is 27. The molecule has 0 aliphatic carbocycles. The molecule has 17 aromatic rings. The molecule has 132 heavy (non-hydrogen) atoms. The van der Waals surface area contributed by atoms with Crippen LogP contribution < -0.4 is 110 Å². The number of nitrogens with two attached hydrogens (primary N) is 1. The number of carbonyl (C=O) groups is 5. The van der Waals surface area contributed by atoms with Gasteiger partial charge in [-0.2, -0.15) is 0 Å². The first kappa shape index (κ1) is 108. The Labute approximate surface area is 809 Å². The minimum Gasteiger partial charge on any atom is -0.870 e. The van der Waals surface area contributed by atoms with Crippen LogP contribution in [-0.2, 0) is 14.2 Å². The number of rotatable bonds is 16. The summed E-state index contributed by atoms with van der Waals surface area (Å²) >= 11 is 17.6. The van der Waals surface area contributed by atoms with Gasteiger partial charge in [-0.05, 0) is 166 Å². The van der Waals surface area contributed by atoms with Gasteiger partial charge in [0.25, 0.3) is 27.8 Å². The zero-order valence-electron chi connectivity index (χ0n) is 71.4. The number of aromatic amines is 5. The van der Waals surface area contributed by atoms with Crippen LogP contribution in [0.15, 0.2) is 291 Å². The molecule has 34 nitrogen and oxygen atoms in total. The van der Waals surface area contributed by atoms with E-state index in [0.717, 1.165) is 21.5 Å². The Morgan fingerprint density at radius 1 is 0.333 bits per heavy atom. The number of benzene rings is 11. The Hall–Kier alpha value is -14.8. The van der Waals surface area contributed by atoms with Crippen LogP contribution in [0.1, 0.15) is 108 Å². The van der Waals surface area contributed by atoms with Gasteiger partial charge in [0.1, 0.15) is 28.7 Å². The number of amides is 1. The number of halogens is 3. The molecule has 11 aromatic carbocycles. The summed E-state index contributed by atoms with van der Waals surface area (Å²) in [5.74, 6) is -0.0318. The van der Waals surface area contributed by atoms with Crippen LogP contribution in [0.4, 0.5) is 0 Å². The van der Waals surface area contributed by atoms with Crippen molar-refractivity contribution in [3.05, 3.63) is 362 Å². The van der Waals surface area contributed by atoms with Crippen LogP contribution in [0, 0.1) is 0 Å². The molecule has 13 N–H and O–H groups in total. The molecule has 0 atom stereocenters. The molecule has 0 aliphatic rings. The van der Waals surface area contributed by atoms with Crippen molar-refractivity contribution in [3.63, 3.8) is 0 Å². The number of carboxylic acids is 1. The minimum atomic E-state index is -1.04. The van der Waals surface area contributed by atoms with E-state index in [2.05, 4.69) is 61.2 Å². The van der Waals surface area contributed by atoms with E-state index in [9.17, 15) is 47.9 Å². The van der Waals surface area contributed by atoms with Crippen molar-refractivity contribution in [2.75, 3.05) is 19.8 Å². The van der Waals surface area contributed by atoms with Gasteiger partial charge < -0.3 is 60.7 Å². The Morgan fingerprint density at radius 3 is 0.886 bits per heavy atom. The molecule has 17 rings (SSSR count). The van der Waals surface area contributed by atoms with Crippen molar-refractivity contribution in [1.29, 1.82) is 0 Å². The minimum absolute atomic E-state index is 0. The fourth-order valence-corrected chi connectivity index (χ4v) is 11.9. The smallest absolute Gasteiger partial charge is 0.870 e. The van der Waals surface area contributed by atoms with Crippen molar-refractivity contribution in [2.45, 2.75) is 55.9 Å². The number of aromatic nitrogens is 12. The molecule has 676 valence electrons. The number of carboxylic acid groups (broad SMARTS) is 1. The number of phenols is 1. The largest absolute Gasteiger partial charge is 1.00 e. The first-order chi connectivity index (χ1) is 62.0. The van der Waals surface area contributed by atoms with E-state index in [-0.39, 0.29) is 127 Å². The molecule has 0 saturated heterocycles. The Bertz CT molecular complexity index is 6870. The monoisotopic (exact) mass is 1880 g/mol. The average molecular weight is 1880 g/mol. The second kappa shape index (κ2) is 54.5. The number of nitrogens with one attached hydrogen (secondary N) is 5. The normalized spacial score (nSPS) is 9.83. The molecular weight excluding hydrogens is 1790 g/mol. The molecule has 0 saturated carbocycles. The Kier molecular flexibility index (Phi) is 44.5. The first-order valence-corrected chi connectivity index (χ1v) is 40.2. The summed E-state index contributed by atoms with van der Waals surface area (Å²) in [4.78, 5) is 114. The molecule has 0 aliphatic heterocycles. The summed E-state index contributed by atoms with van der Waals surface area (Å²) in [7, 11) is 0. The zero-order valence-corrected chi connectivity index (χ0v) is 76.7. The molecule has 6 aromatic heterocycles. The third-order valence-electron chi connectivity index (χ3n) is 17.0. The van der Waals surface area contributed by atoms with Crippen LogP contribution in [0.25, 0.3) is 64.6 Å². The SMILES string of the molecule is C.CC.CC.CCOC(=O)c1cccc(O)c1.CCOC(=O)c1cccc(Oc2n[nH]c(=O)c3ccccc23)c1.CCOC(=O)c1cccc(Oc2nnc(Cl)c3ccccc23)c1.Clc1nnc(Cl)c2ccccc12.N.NC(=O)c1cccc(Oc2n[nH]c(=O)c3ccccc23)c1.O=C(O)c1cccc(Oc2n[nH]c(=O)c3ccccc23)c1.O=c1[nH][nH]c(=O)c2ccccc12.[K+].[OH-]. The van der Waals surface area contributed by atoms with E-state index < -0.39 is 29.8 Å². The van der Waals surface area contributed by atoms with Gasteiger partial charge in [0.2, 0.25) is 29.4 Å². The molecule has 0 spiro atoms. The number of H-pyrrole nitrogens is 5. The standard InChI is InChI=1S/C17H13ClN2O3.C17H14N2O4.C15H11N3O3.C15H10N2O4.C9H10O3.C8H4Cl2N2.C8H6N2O2.2C2H6.CH4.K.H3N.H2O/c1-2-22-17(21)11-6-5-7-12(10-11)23-16-14-9-4-3-8-13(14)15(18)19-20-16;1-2-22-17(21)11-6-5-7-12(10-11)23-16-14-9-4-3-8-13(14)15(20)18-19-16;16-13(19)9-4-3-5-10(8-9)21-15-12-7-2-1-6-11(12)14(20)17-18-15;18-13-11-6-1-2-7-12(11)14(17-16-13)21-10-5-3-4-9(8-10)15(19)20;1-2-12-9(11)7-4-3-5-8(10)6-7;9-7-5-3-1-2-4-6(5)8(10)12-11-7;11-7-5-3-1-2-4-6(5)8(12)10-9-7;2*1-2;;;;/h3-10H,2H2,1H3;3-10H,2H2,1H3,(H,18,20);1-8H,(H2,16,19)(H,17,20);1-8H,(H,16,18)(H,19,20);3-6,10H,2H2,1H3;1-4H;1-4H,(H,9,11)(H,10,12);2*1-2H3;1H4;;1H3;1H2/q;;;;;;;;;;+1;;/p-1. The number of nitrogens with zero attached hydrogens (tertiary/aromatic N) is 7. The quantitative estimate of drug-likeness (QED) is 0.0246. The predicted octanol–water partition coefficient (Wildman–Crippen LogP) is 15.8. The summed E-state index contributed by atoms with van der Waals surface area (Å²) < 4.78 is 37.4. The van der Waals surface area contributed by atoms with E-state index in [4.69, 9.17) is 83.9 Å². The Morgan fingerprint density at radius 2 is 0.576 bits per heavy atom. The van der Waals surface area contributed by atoms with Gasteiger partial charge in [-0.3, -0.25) is 39.0 Å². The maximum atomic E-state index is 11.8. The number of esters is 3. The third-order valence-corrected chi connectivity index (χ3v) is 17.8. The van der Waals surface area contributed by atoms with E-state index in [1.54, 1.807) is 209 Å². The van der Waals surface area contributed by atoms with Crippen molar-refractivity contribution in [3.8, 4) is 52.3 Å². The number of hydrogen-bond donors (Lipinski definition) is 9. The van der Waals surface area contributed by atoms with Gasteiger partial charge in [-0.25, -0.2) is 34.5 Å². The number of carbonyl (C=O) groups excluding carboxylic acids is 4. The van der Waals surface area contributed by atoms with Crippen LogP contribution >= 0.6 is 34.8 Å². The van der Waals surface area contributed by atoms with Crippen LogP contribution in [0.2, 0.25) is 15.5 Å². The van der Waals surface area contributed by atoms with Crippen molar-refractivity contribution in [2.24, 2.45) is 5.73 Å². The number of aromatic hydroxyl groups is 1. The van der Waals surface area contributed by atoms with Gasteiger partial charge >= 0.3 is 75.3 Å². The van der Waals surface area contributed by atoms with Gasteiger partial charge in [-0.1, -0.05) is 191 Å². The number of primary amides is 1. The molecule has 1 amide bonds. The number of phenolic OH excluding ortho intramolecular Hbond substituents is 1. The first-order valence-electron chi connectivity index (χ1n) is 39.0. The molecular formula is C94H88Cl3KN14O20. The van der Waals surface area contributed by atoms with E-state index >= 15 is 0 Å². The van der Waals surface area contributed by atoms with Crippen LogP contribution in [0.5, 0.6) is 52.3 Å². The van der Waals surface area contributed by atoms with E-state index in [0.29, 0.717) is 130 Å². The maximum absolute atomic E-state index is 11.8. The summed E-state index contributed by atoms with van der Waals surface area (Å²) in [6, 6.07) is 74.3. The van der Waals surface area contributed by atoms with Gasteiger partial charge in [0.05, 0.1) is 85.2 Å². The summed E-state index contributed by atoms with van der Waals surface area (Å²) in [5.41, 5.74) is 5.42. The number of aromatic carboxylic acids is 1. The van der Waals surface area contributed by atoms with E-state index in [1.165, 1.54) is 30.3 Å². The zero-order chi connectivity index (χ0) is 92.2. The summed E-state index contributed by atoms with van der Waals surface area (Å²) in [6.45, 7) is 14.2. The van der Waals surface area contributed by atoms with Gasteiger partial charge in [0, 0.05) is 27.1 Å². The molecule has 0 fully saturated rings. The van der Waals surface area contributed by atoms with Gasteiger partial charge in [-0.15, -0.1) is 35.7 Å². The second-order valence-corrected chi connectivity index (χ2v) is 26.3. The van der Waals surface area contributed by atoms with Crippen molar-refractivity contribution >= 4 is 129 Å². The maximum Gasteiger partial charge on any atom is 1.00 e. The Balaban J connectivity index is 0.000000273. The second-order valence-electron chi connectivity index (χ2n) is 25.2. The molecule has 6 heterocycles. The number of ether oxygens (including phenoxy) is 7. The molecule has 0 radical (unpaired) electrons. The third kappa shape index (κ3) is 29.9. The number of fused-ring (bicyclic) bond motifs is 6. The predicted molar refractivity (Wildman–Crippen MR) is 500 cm³/mol. The van der Waals surface area contributed by atoms with Gasteiger partial charge in [0.15, 0.2) is 15.5 Å². The molecule has 0 bridgehead atoms. The van der Waals surface area contributed by atoms with Crippen LogP contribution in [0.3, 0.4) is 0 Å². The molecule has 38 heteroatoms. The average Bonchev–Trinajstić information content (AvgIpc) is 0.788.